The van der Waals surface area contributed by atoms with Crippen molar-refractivity contribution in [2.24, 2.45) is 11.7 Å². The molecular formula is C12H19N3O2. The van der Waals surface area contributed by atoms with Crippen LogP contribution in [0.2, 0.25) is 0 Å². The van der Waals surface area contributed by atoms with E-state index in [4.69, 9.17) is 5.73 Å². The molecule has 1 saturated carbocycles. The first kappa shape index (κ1) is 12.1. The first-order chi connectivity index (χ1) is 8.16. The Morgan fingerprint density at radius 2 is 2.35 bits per heavy atom. The van der Waals surface area contributed by atoms with E-state index in [0.717, 1.165) is 19.3 Å². The number of nitrogens with one attached hydrogen (secondary N) is 1. The summed E-state index contributed by atoms with van der Waals surface area (Å²) in [5, 5.41) is 2.88. The summed E-state index contributed by atoms with van der Waals surface area (Å²) in [6.45, 7) is 1.76. The van der Waals surface area contributed by atoms with Crippen LogP contribution >= 0.6 is 0 Å². The van der Waals surface area contributed by atoms with Crippen molar-refractivity contribution < 1.29 is 9.59 Å². The molecule has 0 aromatic carbocycles. The van der Waals surface area contributed by atoms with Gasteiger partial charge in [-0.2, -0.15) is 0 Å². The largest absolute Gasteiger partial charge is 0.354 e. The Balaban J connectivity index is 1.65. The zero-order valence-corrected chi connectivity index (χ0v) is 9.89. The number of amides is 2. The van der Waals surface area contributed by atoms with E-state index >= 15 is 0 Å². The van der Waals surface area contributed by atoms with Crippen LogP contribution in [0.1, 0.15) is 19.3 Å². The molecule has 3 N–H and O–H groups in total. The molecule has 5 heteroatoms. The lowest BCUT2D eigenvalue weighted by Crippen LogP contribution is -2.38. The Hall–Kier alpha value is -1.36. The molecule has 2 atom stereocenters. The van der Waals surface area contributed by atoms with Crippen LogP contribution < -0.4 is 11.1 Å². The van der Waals surface area contributed by atoms with E-state index in [1.54, 1.807) is 11.0 Å². The molecule has 1 aliphatic heterocycles. The van der Waals surface area contributed by atoms with Crippen LogP contribution in [0.15, 0.2) is 12.2 Å². The summed E-state index contributed by atoms with van der Waals surface area (Å²) in [7, 11) is 0. The summed E-state index contributed by atoms with van der Waals surface area (Å²) in [6, 6.07) is 0.176. The third-order valence-corrected chi connectivity index (χ3v) is 3.42. The summed E-state index contributed by atoms with van der Waals surface area (Å²) in [6.07, 6.45) is 6.01. The van der Waals surface area contributed by atoms with Gasteiger partial charge in [0.25, 0.3) is 0 Å². The molecule has 17 heavy (non-hydrogen) atoms. The number of hydrogen-bond acceptors (Lipinski definition) is 3. The molecule has 2 rings (SSSR count). The normalized spacial score (nSPS) is 27.8. The highest BCUT2D eigenvalue weighted by Gasteiger charge is 2.27. The van der Waals surface area contributed by atoms with E-state index in [-0.39, 0.29) is 23.8 Å². The van der Waals surface area contributed by atoms with Gasteiger partial charge in [-0.3, -0.25) is 9.59 Å². The molecule has 2 aliphatic rings. The van der Waals surface area contributed by atoms with E-state index in [0.29, 0.717) is 19.6 Å². The Labute approximate surface area is 101 Å². The predicted molar refractivity (Wildman–Crippen MR) is 64.0 cm³/mol. The molecule has 0 unspecified atom stereocenters. The summed E-state index contributed by atoms with van der Waals surface area (Å²) in [5.41, 5.74) is 5.77. The molecule has 0 radical (unpaired) electrons. The van der Waals surface area contributed by atoms with Gasteiger partial charge in [0.2, 0.25) is 11.8 Å². The molecule has 1 fully saturated rings. The summed E-state index contributed by atoms with van der Waals surface area (Å²) in [4.78, 5) is 24.7. The van der Waals surface area contributed by atoms with Crippen molar-refractivity contribution in [3.05, 3.63) is 12.2 Å². The maximum atomic E-state index is 11.8. The molecule has 0 saturated heterocycles. The quantitative estimate of drug-likeness (QED) is 0.700. The van der Waals surface area contributed by atoms with Gasteiger partial charge in [0.05, 0.1) is 0 Å². The van der Waals surface area contributed by atoms with Crippen molar-refractivity contribution in [2.45, 2.75) is 25.3 Å². The second-order valence-corrected chi connectivity index (χ2v) is 4.75. The van der Waals surface area contributed by atoms with Crippen molar-refractivity contribution in [3.63, 3.8) is 0 Å². The van der Waals surface area contributed by atoms with Crippen LogP contribution in [0.25, 0.3) is 0 Å². The molecule has 5 nitrogen and oxygen atoms in total. The van der Waals surface area contributed by atoms with Gasteiger partial charge in [-0.05, 0) is 19.3 Å². The van der Waals surface area contributed by atoms with Gasteiger partial charge in [0, 0.05) is 37.7 Å². The van der Waals surface area contributed by atoms with Gasteiger partial charge in [-0.25, -0.2) is 0 Å². The smallest absolute Gasteiger partial charge is 0.246 e. The fourth-order valence-electron chi connectivity index (χ4n) is 2.39. The number of nitrogens with zero attached hydrogens (tertiary/aromatic N) is 1. The lowest BCUT2D eigenvalue weighted by atomic mass is 10.1. The number of carbonyl (C=O) groups excluding carboxylic acids is 2. The number of nitrogens with two attached hydrogens (primary N) is 1. The number of hydrogen-bond donors (Lipinski definition) is 2. The van der Waals surface area contributed by atoms with Crippen LogP contribution in [0.4, 0.5) is 0 Å². The molecule has 0 aromatic rings. The molecule has 0 aromatic heterocycles. The molecule has 1 heterocycles. The third-order valence-electron chi connectivity index (χ3n) is 3.42. The van der Waals surface area contributed by atoms with Gasteiger partial charge in [0.15, 0.2) is 0 Å². The lowest BCUT2D eigenvalue weighted by Gasteiger charge is -2.17. The first-order valence-corrected chi connectivity index (χ1v) is 6.15. The average Bonchev–Trinajstić information content (AvgIpc) is 2.88. The van der Waals surface area contributed by atoms with Crippen LogP contribution in [0.3, 0.4) is 0 Å². The zero-order valence-electron chi connectivity index (χ0n) is 9.89. The lowest BCUT2D eigenvalue weighted by molar-refractivity contribution is -0.127. The van der Waals surface area contributed by atoms with Crippen LogP contribution in [-0.2, 0) is 9.59 Å². The van der Waals surface area contributed by atoms with Crippen molar-refractivity contribution in [2.75, 3.05) is 19.6 Å². The number of carbonyl (C=O) groups is 2. The van der Waals surface area contributed by atoms with E-state index in [1.165, 1.54) is 0 Å². The van der Waals surface area contributed by atoms with Gasteiger partial charge in [0.1, 0.15) is 0 Å². The van der Waals surface area contributed by atoms with Gasteiger partial charge >= 0.3 is 0 Å². The van der Waals surface area contributed by atoms with Gasteiger partial charge < -0.3 is 16.0 Å². The molecule has 0 spiro atoms. The van der Waals surface area contributed by atoms with Gasteiger partial charge in [-0.15, -0.1) is 0 Å². The highest BCUT2D eigenvalue weighted by atomic mass is 16.2. The van der Waals surface area contributed by atoms with Crippen molar-refractivity contribution in [1.29, 1.82) is 0 Å². The van der Waals surface area contributed by atoms with Gasteiger partial charge in [-0.1, -0.05) is 6.08 Å². The maximum absolute atomic E-state index is 11.8. The SMILES string of the molecule is N[C@@H]1CC[C@H](C(=O)NCCN2CC=CC2=O)C1. The van der Waals surface area contributed by atoms with E-state index in [9.17, 15) is 9.59 Å². The minimum Gasteiger partial charge on any atom is -0.354 e. The van der Waals surface area contributed by atoms with E-state index in [1.807, 2.05) is 6.08 Å². The Morgan fingerprint density at radius 3 is 2.94 bits per heavy atom. The maximum Gasteiger partial charge on any atom is 0.246 e. The van der Waals surface area contributed by atoms with Crippen molar-refractivity contribution in [3.8, 4) is 0 Å². The third kappa shape index (κ3) is 3.06. The van der Waals surface area contributed by atoms with Crippen molar-refractivity contribution >= 4 is 11.8 Å². The monoisotopic (exact) mass is 237 g/mol. The second kappa shape index (κ2) is 5.31. The zero-order chi connectivity index (χ0) is 12.3. The molecule has 0 bridgehead atoms. The summed E-state index contributed by atoms with van der Waals surface area (Å²) < 4.78 is 0. The highest BCUT2D eigenvalue weighted by molar-refractivity contribution is 5.90. The van der Waals surface area contributed by atoms with Crippen molar-refractivity contribution in [1.82, 2.24) is 10.2 Å². The van der Waals surface area contributed by atoms with Crippen LogP contribution in [-0.4, -0.2) is 42.4 Å². The number of rotatable bonds is 4. The first-order valence-electron chi connectivity index (χ1n) is 6.15. The van der Waals surface area contributed by atoms with Crippen LogP contribution in [0, 0.1) is 5.92 Å². The molecular weight excluding hydrogens is 218 g/mol. The Bertz CT molecular complexity index is 341. The molecule has 94 valence electrons. The van der Waals surface area contributed by atoms with E-state index < -0.39 is 0 Å². The summed E-state index contributed by atoms with van der Waals surface area (Å²) in [5.74, 6) is 0.178. The Morgan fingerprint density at radius 1 is 1.53 bits per heavy atom. The topological polar surface area (TPSA) is 75.4 Å². The molecule has 1 aliphatic carbocycles. The average molecular weight is 237 g/mol. The minimum absolute atomic E-state index is 0.0298. The summed E-state index contributed by atoms with van der Waals surface area (Å²) >= 11 is 0. The minimum atomic E-state index is 0.0298. The molecule has 2 amide bonds. The second-order valence-electron chi connectivity index (χ2n) is 4.75. The Kier molecular flexibility index (Phi) is 3.78. The van der Waals surface area contributed by atoms with E-state index in [2.05, 4.69) is 5.32 Å². The van der Waals surface area contributed by atoms with Crippen LogP contribution in [0.5, 0.6) is 0 Å². The fraction of sp³-hybridized carbons (Fsp3) is 0.667. The fourth-order valence-corrected chi connectivity index (χ4v) is 2.39. The predicted octanol–water partition coefficient (Wildman–Crippen LogP) is -0.372. The highest BCUT2D eigenvalue weighted by Crippen LogP contribution is 2.23. The standard InChI is InChI=1S/C12H19N3O2/c13-10-4-3-9(8-10)12(17)14-5-7-15-6-1-2-11(15)16/h1-2,9-10H,3-8,13H2,(H,14,17)/t9-,10+/m0/s1.